The maximum atomic E-state index is 12.0. The fourth-order valence-corrected chi connectivity index (χ4v) is 2.75. The van der Waals surface area contributed by atoms with Gasteiger partial charge in [0, 0.05) is 38.1 Å². The van der Waals surface area contributed by atoms with Gasteiger partial charge in [-0.05, 0) is 24.1 Å². The first-order chi connectivity index (χ1) is 10.6. The fraction of sp³-hybridized carbons (Fsp3) is 0.500. The number of methoxy groups -OCH3 is 1. The Morgan fingerprint density at radius 2 is 2.32 bits per heavy atom. The molecular weight excluding hydrogens is 304 g/mol. The van der Waals surface area contributed by atoms with Crippen molar-refractivity contribution in [1.82, 2.24) is 10.2 Å². The lowest BCUT2D eigenvalue weighted by Gasteiger charge is -2.17. The second-order valence-corrected chi connectivity index (χ2v) is 5.87. The van der Waals surface area contributed by atoms with Crippen LogP contribution in [0.5, 0.6) is 0 Å². The minimum Gasteiger partial charge on any atom is -0.384 e. The van der Waals surface area contributed by atoms with Crippen molar-refractivity contribution < 1.29 is 14.3 Å². The molecule has 0 saturated carbocycles. The molecule has 1 aromatic rings. The van der Waals surface area contributed by atoms with Crippen molar-refractivity contribution in [2.45, 2.75) is 25.3 Å². The molecule has 5 nitrogen and oxygen atoms in total. The fourth-order valence-electron chi connectivity index (χ4n) is 2.54. The van der Waals surface area contributed by atoms with Crippen molar-refractivity contribution in [3.05, 3.63) is 34.9 Å². The molecule has 1 aromatic carbocycles. The van der Waals surface area contributed by atoms with Crippen molar-refractivity contribution in [3.8, 4) is 0 Å². The van der Waals surface area contributed by atoms with E-state index in [9.17, 15) is 9.59 Å². The van der Waals surface area contributed by atoms with Crippen LogP contribution in [0.3, 0.4) is 0 Å². The Labute approximate surface area is 135 Å². The topological polar surface area (TPSA) is 58.6 Å². The van der Waals surface area contributed by atoms with Crippen LogP contribution in [-0.4, -0.2) is 49.6 Å². The van der Waals surface area contributed by atoms with Crippen LogP contribution in [0.2, 0.25) is 5.02 Å². The third kappa shape index (κ3) is 5.00. The molecule has 0 aromatic heterocycles. The summed E-state index contributed by atoms with van der Waals surface area (Å²) in [6.45, 7) is 1.60. The molecule has 1 atom stereocenters. The van der Waals surface area contributed by atoms with Crippen LogP contribution in [0.15, 0.2) is 24.3 Å². The minimum atomic E-state index is -0.101. The van der Waals surface area contributed by atoms with E-state index in [0.29, 0.717) is 37.6 Å². The Balaban J connectivity index is 1.78. The van der Waals surface area contributed by atoms with Gasteiger partial charge in [-0.1, -0.05) is 23.7 Å². The number of nitrogens with zero attached hydrogens (tertiary/aromatic N) is 1. The van der Waals surface area contributed by atoms with Crippen LogP contribution in [-0.2, 0) is 20.7 Å². The van der Waals surface area contributed by atoms with Gasteiger partial charge in [-0.15, -0.1) is 0 Å². The maximum absolute atomic E-state index is 12.0. The standard InChI is InChI=1S/C16H21ClN2O3/c1-22-8-6-15(20)18-14-10-16(21)19(11-14)7-5-12-3-2-4-13(17)9-12/h2-4,9,14H,5-8,10-11H2,1H3,(H,18,20). The summed E-state index contributed by atoms with van der Waals surface area (Å²) in [6.07, 6.45) is 1.45. The molecule has 120 valence electrons. The molecule has 1 fully saturated rings. The van der Waals surface area contributed by atoms with Gasteiger partial charge in [0.15, 0.2) is 0 Å². The normalized spacial score (nSPS) is 17.8. The van der Waals surface area contributed by atoms with Crippen LogP contribution in [0.1, 0.15) is 18.4 Å². The molecule has 1 saturated heterocycles. The van der Waals surface area contributed by atoms with E-state index in [4.69, 9.17) is 16.3 Å². The van der Waals surface area contributed by atoms with Crippen molar-refractivity contribution >= 4 is 23.4 Å². The predicted molar refractivity (Wildman–Crippen MR) is 84.8 cm³/mol. The number of hydrogen-bond acceptors (Lipinski definition) is 3. The lowest BCUT2D eigenvalue weighted by molar-refractivity contribution is -0.127. The predicted octanol–water partition coefficient (Wildman–Crippen LogP) is 1.64. The van der Waals surface area contributed by atoms with Gasteiger partial charge in [-0.25, -0.2) is 0 Å². The average molecular weight is 325 g/mol. The summed E-state index contributed by atoms with van der Waals surface area (Å²) in [6, 6.07) is 7.54. The first-order valence-corrected chi connectivity index (χ1v) is 7.77. The van der Waals surface area contributed by atoms with E-state index in [-0.39, 0.29) is 17.9 Å². The molecule has 1 aliphatic rings. The van der Waals surface area contributed by atoms with E-state index in [1.165, 1.54) is 0 Å². The largest absolute Gasteiger partial charge is 0.384 e. The summed E-state index contributed by atoms with van der Waals surface area (Å²) >= 11 is 5.95. The smallest absolute Gasteiger partial charge is 0.224 e. The van der Waals surface area contributed by atoms with Crippen molar-refractivity contribution in [2.75, 3.05) is 26.8 Å². The molecule has 2 rings (SSSR count). The number of hydrogen-bond donors (Lipinski definition) is 1. The quantitative estimate of drug-likeness (QED) is 0.829. The molecule has 1 heterocycles. The van der Waals surface area contributed by atoms with Gasteiger partial charge in [0.25, 0.3) is 0 Å². The van der Waals surface area contributed by atoms with Gasteiger partial charge < -0.3 is 15.0 Å². The number of carbonyl (C=O) groups excluding carboxylic acids is 2. The first kappa shape index (κ1) is 16.8. The molecule has 0 radical (unpaired) electrons. The second kappa shape index (κ2) is 8.15. The number of rotatable bonds is 7. The van der Waals surface area contributed by atoms with Gasteiger partial charge in [0.05, 0.1) is 12.6 Å². The molecule has 0 bridgehead atoms. The summed E-state index contributed by atoms with van der Waals surface area (Å²) in [4.78, 5) is 25.4. The molecule has 22 heavy (non-hydrogen) atoms. The zero-order valence-electron chi connectivity index (χ0n) is 12.7. The van der Waals surface area contributed by atoms with Gasteiger partial charge in [0.2, 0.25) is 11.8 Å². The number of halogens is 1. The van der Waals surface area contributed by atoms with Gasteiger partial charge in [-0.2, -0.15) is 0 Å². The van der Waals surface area contributed by atoms with E-state index in [0.717, 1.165) is 12.0 Å². The van der Waals surface area contributed by atoms with Gasteiger partial charge in [-0.3, -0.25) is 9.59 Å². The third-order valence-corrected chi connectivity index (χ3v) is 3.91. The lowest BCUT2D eigenvalue weighted by atomic mass is 10.1. The Bertz CT molecular complexity index is 536. The van der Waals surface area contributed by atoms with Crippen LogP contribution >= 0.6 is 11.6 Å². The Morgan fingerprint density at radius 3 is 3.05 bits per heavy atom. The highest BCUT2D eigenvalue weighted by molar-refractivity contribution is 6.30. The first-order valence-electron chi connectivity index (χ1n) is 7.39. The highest BCUT2D eigenvalue weighted by Crippen LogP contribution is 2.15. The SMILES string of the molecule is COCCC(=O)NC1CC(=O)N(CCc2cccc(Cl)c2)C1. The summed E-state index contributed by atoms with van der Waals surface area (Å²) < 4.78 is 4.87. The monoisotopic (exact) mass is 324 g/mol. The Morgan fingerprint density at radius 1 is 1.50 bits per heavy atom. The number of likely N-dealkylation sites (tertiary alicyclic amines) is 1. The highest BCUT2D eigenvalue weighted by Gasteiger charge is 2.29. The number of carbonyl (C=O) groups is 2. The molecule has 2 amide bonds. The molecule has 1 N–H and O–H groups in total. The second-order valence-electron chi connectivity index (χ2n) is 5.43. The molecule has 0 aliphatic carbocycles. The molecule has 0 spiro atoms. The van der Waals surface area contributed by atoms with Crippen molar-refractivity contribution in [3.63, 3.8) is 0 Å². The molecule has 1 aliphatic heterocycles. The van der Waals surface area contributed by atoms with E-state index < -0.39 is 0 Å². The van der Waals surface area contributed by atoms with E-state index in [1.54, 1.807) is 12.0 Å². The Kier molecular flexibility index (Phi) is 6.21. The Hall–Kier alpha value is -1.59. The summed E-state index contributed by atoms with van der Waals surface area (Å²) in [5, 5.41) is 3.58. The third-order valence-electron chi connectivity index (χ3n) is 3.67. The summed E-state index contributed by atoms with van der Waals surface area (Å²) in [5.41, 5.74) is 1.10. The van der Waals surface area contributed by atoms with Crippen LogP contribution < -0.4 is 5.32 Å². The van der Waals surface area contributed by atoms with Gasteiger partial charge >= 0.3 is 0 Å². The van der Waals surface area contributed by atoms with Crippen LogP contribution in [0.25, 0.3) is 0 Å². The molecular formula is C16H21ClN2O3. The highest BCUT2D eigenvalue weighted by atomic mass is 35.5. The zero-order valence-corrected chi connectivity index (χ0v) is 13.4. The van der Waals surface area contributed by atoms with Gasteiger partial charge in [0.1, 0.15) is 0 Å². The van der Waals surface area contributed by atoms with Crippen molar-refractivity contribution in [1.29, 1.82) is 0 Å². The zero-order chi connectivity index (χ0) is 15.9. The number of ether oxygens (including phenoxy) is 1. The average Bonchev–Trinajstić information content (AvgIpc) is 2.83. The minimum absolute atomic E-state index is 0.0728. The van der Waals surface area contributed by atoms with E-state index in [1.807, 2.05) is 24.3 Å². The van der Waals surface area contributed by atoms with Crippen LogP contribution in [0, 0.1) is 0 Å². The maximum Gasteiger partial charge on any atom is 0.224 e. The van der Waals surface area contributed by atoms with E-state index in [2.05, 4.69) is 5.32 Å². The van der Waals surface area contributed by atoms with Crippen molar-refractivity contribution in [2.24, 2.45) is 0 Å². The number of benzene rings is 1. The molecule has 6 heteroatoms. The number of amides is 2. The lowest BCUT2D eigenvalue weighted by Crippen LogP contribution is -2.37. The summed E-state index contributed by atoms with van der Waals surface area (Å²) in [7, 11) is 1.56. The number of nitrogens with one attached hydrogen (secondary N) is 1. The van der Waals surface area contributed by atoms with E-state index >= 15 is 0 Å². The molecule has 1 unspecified atom stereocenters. The summed E-state index contributed by atoms with van der Waals surface area (Å²) in [5.74, 6) is 0.00964. The van der Waals surface area contributed by atoms with Crippen LogP contribution in [0.4, 0.5) is 0 Å².